The topological polar surface area (TPSA) is 29.5 Å². The van der Waals surface area contributed by atoms with Crippen LogP contribution >= 0.6 is 0 Å². The van der Waals surface area contributed by atoms with Gasteiger partial charge in [0.2, 0.25) is 0 Å². The summed E-state index contributed by atoms with van der Waals surface area (Å²) in [5, 5.41) is 8.58. The number of halogens is 1. The van der Waals surface area contributed by atoms with Crippen molar-refractivity contribution in [3.8, 4) is 17.6 Å². The van der Waals surface area contributed by atoms with Gasteiger partial charge in [-0.1, -0.05) is 41.7 Å². The first-order valence-electron chi connectivity index (χ1n) is 6.26. The molecule has 0 aliphatic rings. The summed E-state index contributed by atoms with van der Waals surface area (Å²) in [5.41, 5.74) is 2.45. The Morgan fingerprint density at radius 2 is 2.05 bits per heavy atom. The van der Waals surface area contributed by atoms with Crippen LogP contribution in [0.5, 0.6) is 5.75 Å². The third-order valence-electron chi connectivity index (χ3n) is 2.73. The van der Waals surface area contributed by atoms with Gasteiger partial charge < -0.3 is 9.84 Å². The molecule has 3 heteroatoms. The number of ether oxygens (including phenoxy) is 1. The number of rotatable bonds is 3. The molecule has 0 unspecified atom stereocenters. The van der Waals surface area contributed by atoms with E-state index in [2.05, 4.69) is 11.8 Å². The van der Waals surface area contributed by atoms with Crippen molar-refractivity contribution in [3.05, 3.63) is 65.0 Å². The maximum absolute atomic E-state index is 13.7. The molecule has 2 rings (SSSR count). The zero-order valence-electron chi connectivity index (χ0n) is 11.2. The van der Waals surface area contributed by atoms with Crippen molar-refractivity contribution in [1.29, 1.82) is 0 Å². The molecule has 0 bridgehead atoms. The minimum atomic E-state index is -0.451. The standard InChI is InChI=1S/C17H15FO2/c1-13-4-2-5-14(10-13)12-20-16-8-7-15(6-3-9-19)17(18)11-16/h2,4-5,7-8,10-11,19H,9,12H2,1H3. The Balaban J connectivity index is 2.05. The maximum atomic E-state index is 13.7. The van der Waals surface area contributed by atoms with Crippen LogP contribution in [0.3, 0.4) is 0 Å². The molecule has 2 nitrogen and oxygen atoms in total. The minimum absolute atomic E-state index is 0.252. The molecule has 2 aromatic rings. The van der Waals surface area contributed by atoms with E-state index in [9.17, 15) is 4.39 Å². The number of hydrogen-bond donors (Lipinski definition) is 1. The lowest BCUT2D eigenvalue weighted by Gasteiger charge is -2.07. The van der Waals surface area contributed by atoms with Crippen molar-refractivity contribution in [3.63, 3.8) is 0 Å². The molecule has 0 spiro atoms. The Labute approximate surface area is 117 Å². The van der Waals surface area contributed by atoms with Gasteiger partial charge in [-0.15, -0.1) is 0 Å². The second-order valence-electron chi connectivity index (χ2n) is 4.38. The molecule has 0 aliphatic heterocycles. The van der Waals surface area contributed by atoms with Crippen molar-refractivity contribution < 1.29 is 14.2 Å². The molecule has 0 fully saturated rings. The molecular weight excluding hydrogens is 255 g/mol. The van der Waals surface area contributed by atoms with E-state index in [0.717, 1.165) is 11.1 Å². The lowest BCUT2D eigenvalue weighted by atomic mass is 10.1. The molecule has 0 saturated carbocycles. The van der Waals surface area contributed by atoms with Crippen molar-refractivity contribution in [1.82, 2.24) is 0 Å². The first-order chi connectivity index (χ1) is 9.69. The molecule has 0 aromatic heterocycles. The van der Waals surface area contributed by atoms with E-state index in [0.29, 0.717) is 12.4 Å². The van der Waals surface area contributed by atoms with E-state index in [1.165, 1.54) is 6.07 Å². The summed E-state index contributed by atoms with van der Waals surface area (Å²) in [6.07, 6.45) is 0. The van der Waals surface area contributed by atoms with Gasteiger partial charge in [0.25, 0.3) is 0 Å². The molecule has 1 N–H and O–H groups in total. The predicted molar refractivity (Wildman–Crippen MR) is 75.9 cm³/mol. The number of aryl methyl sites for hydroxylation is 1. The van der Waals surface area contributed by atoms with Gasteiger partial charge in [0.1, 0.15) is 24.8 Å². The third-order valence-corrected chi connectivity index (χ3v) is 2.73. The van der Waals surface area contributed by atoms with E-state index < -0.39 is 5.82 Å². The van der Waals surface area contributed by atoms with E-state index in [1.807, 2.05) is 31.2 Å². The van der Waals surface area contributed by atoms with Crippen molar-refractivity contribution in [2.24, 2.45) is 0 Å². The lowest BCUT2D eigenvalue weighted by Crippen LogP contribution is -1.96. The van der Waals surface area contributed by atoms with Gasteiger partial charge in [-0.3, -0.25) is 0 Å². The van der Waals surface area contributed by atoms with Crippen LogP contribution in [0.1, 0.15) is 16.7 Å². The molecule has 0 amide bonds. The Bertz CT molecular complexity index is 654. The molecule has 2 aromatic carbocycles. The van der Waals surface area contributed by atoms with Gasteiger partial charge in [-0.2, -0.15) is 0 Å². The molecule has 0 aliphatic carbocycles. The largest absolute Gasteiger partial charge is 0.489 e. The highest BCUT2D eigenvalue weighted by Crippen LogP contribution is 2.17. The molecular formula is C17H15FO2. The Morgan fingerprint density at radius 3 is 2.75 bits per heavy atom. The van der Waals surface area contributed by atoms with E-state index in [4.69, 9.17) is 9.84 Å². The molecule has 20 heavy (non-hydrogen) atoms. The Kier molecular flexibility index (Phi) is 4.75. The number of hydrogen-bond acceptors (Lipinski definition) is 2. The molecule has 0 atom stereocenters. The number of aliphatic hydroxyl groups excluding tert-OH is 1. The Hall–Kier alpha value is -2.31. The highest BCUT2D eigenvalue weighted by Gasteiger charge is 2.02. The van der Waals surface area contributed by atoms with Crippen LogP contribution in [0.15, 0.2) is 42.5 Å². The monoisotopic (exact) mass is 270 g/mol. The van der Waals surface area contributed by atoms with Gasteiger partial charge >= 0.3 is 0 Å². The first kappa shape index (κ1) is 14.1. The average Bonchev–Trinajstić information content (AvgIpc) is 2.44. The fourth-order valence-electron chi connectivity index (χ4n) is 1.79. The van der Waals surface area contributed by atoms with Crippen molar-refractivity contribution in [2.75, 3.05) is 6.61 Å². The molecule has 102 valence electrons. The Morgan fingerprint density at radius 1 is 1.20 bits per heavy atom. The van der Waals surface area contributed by atoms with Crippen LogP contribution in [0.25, 0.3) is 0 Å². The van der Waals surface area contributed by atoms with Crippen LogP contribution in [0.2, 0.25) is 0 Å². The summed E-state index contributed by atoms with van der Waals surface area (Å²) < 4.78 is 19.2. The highest BCUT2D eigenvalue weighted by atomic mass is 19.1. The molecule has 0 heterocycles. The van der Waals surface area contributed by atoms with Gasteiger partial charge in [0.15, 0.2) is 0 Å². The van der Waals surface area contributed by atoms with E-state index in [1.54, 1.807) is 12.1 Å². The summed E-state index contributed by atoms with van der Waals surface area (Å²) in [6.45, 7) is 2.12. The van der Waals surface area contributed by atoms with E-state index >= 15 is 0 Å². The fourth-order valence-corrected chi connectivity index (χ4v) is 1.79. The quantitative estimate of drug-likeness (QED) is 0.869. The normalized spacial score (nSPS) is 9.75. The smallest absolute Gasteiger partial charge is 0.142 e. The average molecular weight is 270 g/mol. The number of aliphatic hydroxyl groups is 1. The predicted octanol–water partition coefficient (Wildman–Crippen LogP) is 3.06. The lowest BCUT2D eigenvalue weighted by molar-refractivity contribution is 0.304. The van der Waals surface area contributed by atoms with Crippen LogP contribution in [0.4, 0.5) is 4.39 Å². The van der Waals surface area contributed by atoms with Gasteiger partial charge in [0, 0.05) is 6.07 Å². The SMILES string of the molecule is Cc1cccc(COc2ccc(C#CCO)c(F)c2)c1. The third kappa shape index (κ3) is 3.84. The maximum Gasteiger partial charge on any atom is 0.142 e. The summed E-state index contributed by atoms with van der Waals surface area (Å²) >= 11 is 0. The second kappa shape index (κ2) is 6.74. The minimum Gasteiger partial charge on any atom is -0.489 e. The van der Waals surface area contributed by atoms with Crippen molar-refractivity contribution in [2.45, 2.75) is 13.5 Å². The summed E-state index contributed by atoms with van der Waals surface area (Å²) in [4.78, 5) is 0. The fraction of sp³-hybridized carbons (Fsp3) is 0.176. The van der Waals surface area contributed by atoms with Gasteiger partial charge in [-0.05, 0) is 24.6 Å². The van der Waals surface area contributed by atoms with Crippen LogP contribution in [-0.2, 0) is 6.61 Å². The van der Waals surface area contributed by atoms with Gasteiger partial charge in [0.05, 0.1) is 5.56 Å². The highest BCUT2D eigenvalue weighted by molar-refractivity contribution is 5.39. The summed E-state index contributed by atoms with van der Waals surface area (Å²) in [6, 6.07) is 12.5. The van der Waals surface area contributed by atoms with Crippen LogP contribution in [-0.4, -0.2) is 11.7 Å². The van der Waals surface area contributed by atoms with Crippen LogP contribution in [0, 0.1) is 24.6 Å². The molecule has 0 radical (unpaired) electrons. The first-order valence-corrected chi connectivity index (χ1v) is 6.26. The summed E-state index contributed by atoms with van der Waals surface area (Å²) in [5.74, 6) is 4.96. The zero-order chi connectivity index (χ0) is 14.4. The van der Waals surface area contributed by atoms with Gasteiger partial charge in [-0.25, -0.2) is 4.39 Å². The van der Waals surface area contributed by atoms with Crippen LogP contribution < -0.4 is 4.74 Å². The van der Waals surface area contributed by atoms with E-state index in [-0.39, 0.29) is 12.2 Å². The molecule has 0 saturated heterocycles. The summed E-state index contributed by atoms with van der Waals surface area (Å²) in [7, 11) is 0. The zero-order valence-corrected chi connectivity index (χ0v) is 11.2. The van der Waals surface area contributed by atoms with Crippen molar-refractivity contribution >= 4 is 0 Å². The second-order valence-corrected chi connectivity index (χ2v) is 4.38. The number of benzene rings is 2.